The SMILES string of the molecule is Cc1ccccc1NC1CCCC(N)C1. The van der Waals surface area contributed by atoms with Gasteiger partial charge in [0.1, 0.15) is 0 Å². The third-order valence-corrected chi connectivity index (χ3v) is 3.22. The van der Waals surface area contributed by atoms with Gasteiger partial charge in [0.05, 0.1) is 0 Å². The standard InChI is InChI=1S/C13H20N2/c1-10-5-2-3-8-13(10)15-12-7-4-6-11(14)9-12/h2-3,5,8,11-12,15H,4,6-7,9,14H2,1H3. The van der Waals surface area contributed by atoms with Crippen molar-refractivity contribution in [3.05, 3.63) is 29.8 Å². The van der Waals surface area contributed by atoms with E-state index in [9.17, 15) is 0 Å². The quantitative estimate of drug-likeness (QED) is 0.777. The highest BCUT2D eigenvalue weighted by Crippen LogP contribution is 2.22. The first-order chi connectivity index (χ1) is 7.25. The average molecular weight is 204 g/mol. The van der Waals surface area contributed by atoms with Crippen LogP contribution in [0.1, 0.15) is 31.2 Å². The molecule has 1 aromatic carbocycles. The Labute approximate surface area is 91.9 Å². The minimum absolute atomic E-state index is 0.389. The summed E-state index contributed by atoms with van der Waals surface area (Å²) in [5, 5.41) is 3.60. The predicted molar refractivity (Wildman–Crippen MR) is 65.0 cm³/mol. The van der Waals surface area contributed by atoms with Crippen molar-refractivity contribution in [2.75, 3.05) is 5.32 Å². The number of aryl methyl sites for hydroxylation is 1. The van der Waals surface area contributed by atoms with Gasteiger partial charge in [-0.3, -0.25) is 0 Å². The van der Waals surface area contributed by atoms with E-state index < -0.39 is 0 Å². The van der Waals surface area contributed by atoms with Gasteiger partial charge in [-0.25, -0.2) is 0 Å². The average Bonchev–Trinajstić information content (AvgIpc) is 2.22. The number of hydrogen-bond acceptors (Lipinski definition) is 2. The molecule has 1 aromatic rings. The normalized spacial score (nSPS) is 26.3. The smallest absolute Gasteiger partial charge is 0.0372 e. The number of para-hydroxylation sites is 1. The molecule has 0 aromatic heterocycles. The molecular formula is C13H20N2. The first-order valence-corrected chi connectivity index (χ1v) is 5.83. The number of benzene rings is 1. The highest BCUT2D eigenvalue weighted by atomic mass is 14.9. The van der Waals surface area contributed by atoms with Gasteiger partial charge in [0, 0.05) is 17.8 Å². The zero-order valence-corrected chi connectivity index (χ0v) is 9.37. The summed E-state index contributed by atoms with van der Waals surface area (Å²) >= 11 is 0. The summed E-state index contributed by atoms with van der Waals surface area (Å²) in [4.78, 5) is 0. The molecule has 2 nitrogen and oxygen atoms in total. The maximum Gasteiger partial charge on any atom is 0.0372 e. The van der Waals surface area contributed by atoms with Crippen LogP contribution in [-0.4, -0.2) is 12.1 Å². The molecular weight excluding hydrogens is 184 g/mol. The van der Waals surface area contributed by atoms with E-state index in [1.54, 1.807) is 0 Å². The second-order valence-corrected chi connectivity index (χ2v) is 4.58. The van der Waals surface area contributed by atoms with Crippen molar-refractivity contribution < 1.29 is 0 Å². The highest BCUT2D eigenvalue weighted by Gasteiger charge is 2.18. The number of rotatable bonds is 2. The van der Waals surface area contributed by atoms with Gasteiger partial charge < -0.3 is 11.1 Å². The predicted octanol–water partition coefficient (Wildman–Crippen LogP) is 2.68. The topological polar surface area (TPSA) is 38.0 Å². The summed E-state index contributed by atoms with van der Waals surface area (Å²) in [6, 6.07) is 9.40. The van der Waals surface area contributed by atoms with E-state index in [0.29, 0.717) is 12.1 Å². The van der Waals surface area contributed by atoms with Gasteiger partial charge >= 0.3 is 0 Å². The molecule has 2 atom stereocenters. The molecule has 82 valence electrons. The third kappa shape index (κ3) is 2.72. The molecule has 1 aliphatic rings. The lowest BCUT2D eigenvalue weighted by atomic mass is 9.91. The maximum atomic E-state index is 5.98. The lowest BCUT2D eigenvalue weighted by Crippen LogP contribution is -2.35. The first-order valence-electron chi connectivity index (χ1n) is 5.83. The molecule has 0 bridgehead atoms. The molecule has 2 rings (SSSR count). The van der Waals surface area contributed by atoms with Crippen LogP contribution in [0.25, 0.3) is 0 Å². The Bertz CT molecular complexity index is 322. The van der Waals surface area contributed by atoms with Crippen LogP contribution in [0.15, 0.2) is 24.3 Å². The molecule has 0 radical (unpaired) electrons. The van der Waals surface area contributed by atoms with Crippen molar-refractivity contribution >= 4 is 5.69 Å². The largest absolute Gasteiger partial charge is 0.382 e. The van der Waals surface area contributed by atoms with Gasteiger partial charge in [0.25, 0.3) is 0 Å². The van der Waals surface area contributed by atoms with Crippen LogP contribution in [0.4, 0.5) is 5.69 Å². The van der Waals surface area contributed by atoms with Crippen LogP contribution >= 0.6 is 0 Å². The van der Waals surface area contributed by atoms with E-state index in [2.05, 4.69) is 36.5 Å². The zero-order chi connectivity index (χ0) is 10.7. The third-order valence-electron chi connectivity index (χ3n) is 3.22. The van der Waals surface area contributed by atoms with E-state index in [1.165, 1.54) is 30.5 Å². The lowest BCUT2D eigenvalue weighted by Gasteiger charge is -2.28. The Morgan fingerprint density at radius 3 is 2.80 bits per heavy atom. The molecule has 0 aliphatic heterocycles. The zero-order valence-electron chi connectivity index (χ0n) is 9.37. The fraction of sp³-hybridized carbons (Fsp3) is 0.538. The summed E-state index contributed by atoms with van der Waals surface area (Å²) in [7, 11) is 0. The fourth-order valence-electron chi connectivity index (χ4n) is 2.31. The molecule has 1 aliphatic carbocycles. The van der Waals surface area contributed by atoms with E-state index in [0.717, 1.165) is 6.42 Å². The van der Waals surface area contributed by atoms with Crippen molar-refractivity contribution in [2.45, 2.75) is 44.7 Å². The van der Waals surface area contributed by atoms with Crippen molar-refractivity contribution in [3.8, 4) is 0 Å². The first kappa shape index (κ1) is 10.5. The Kier molecular flexibility index (Phi) is 3.27. The minimum Gasteiger partial charge on any atom is -0.382 e. The highest BCUT2D eigenvalue weighted by molar-refractivity contribution is 5.50. The molecule has 0 spiro atoms. The van der Waals surface area contributed by atoms with E-state index in [4.69, 9.17) is 5.73 Å². The summed E-state index contributed by atoms with van der Waals surface area (Å²) in [5.41, 5.74) is 8.55. The van der Waals surface area contributed by atoms with Crippen LogP contribution in [0.2, 0.25) is 0 Å². The van der Waals surface area contributed by atoms with Crippen LogP contribution in [0, 0.1) is 6.92 Å². The van der Waals surface area contributed by atoms with Gasteiger partial charge in [-0.15, -0.1) is 0 Å². The van der Waals surface area contributed by atoms with Gasteiger partial charge in [0.2, 0.25) is 0 Å². The van der Waals surface area contributed by atoms with Gasteiger partial charge in [-0.05, 0) is 44.2 Å². The summed E-state index contributed by atoms with van der Waals surface area (Å²) in [5.74, 6) is 0. The van der Waals surface area contributed by atoms with Crippen molar-refractivity contribution in [2.24, 2.45) is 5.73 Å². The molecule has 15 heavy (non-hydrogen) atoms. The Hall–Kier alpha value is -1.02. The molecule has 0 heterocycles. The van der Waals surface area contributed by atoms with Gasteiger partial charge in [0.15, 0.2) is 0 Å². The lowest BCUT2D eigenvalue weighted by molar-refractivity contribution is 0.409. The summed E-state index contributed by atoms with van der Waals surface area (Å²) in [6.07, 6.45) is 4.80. The summed E-state index contributed by atoms with van der Waals surface area (Å²) < 4.78 is 0. The van der Waals surface area contributed by atoms with Crippen LogP contribution in [0.5, 0.6) is 0 Å². The molecule has 2 heteroatoms. The number of anilines is 1. The molecule has 1 saturated carbocycles. The second kappa shape index (κ2) is 4.67. The second-order valence-electron chi connectivity index (χ2n) is 4.58. The summed E-state index contributed by atoms with van der Waals surface area (Å²) in [6.45, 7) is 2.14. The molecule has 2 unspecified atom stereocenters. The maximum absolute atomic E-state index is 5.98. The molecule has 1 fully saturated rings. The van der Waals surface area contributed by atoms with Crippen LogP contribution in [0.3, 0.4) is 0 Å². The van der Waals surface area contributed by atoms with Crippen molar-refractivity contribution in [1.29, 1.82) is 0 Å². The Morgan fingerprint density at radius 1 is 1.27 bits per heavy atom. The Morgan fingerprint density at radius 2 is 2.07 bits per heavy atom. The Balaban J connectivity index is 1.99. The molecule has 0 amide bonds. The number of nitrogens with one attached hydrogen (secondary N) is 1. The number of hydrogen-bond donors (Lipinski definition) is 2. The fourth-order valence-corrected chi connectivity index (χ4v) is 2.31. The van der Waals surface area contributed by atoms with Gasteiger partial charge in [-0.1, -0.05) is 18.2 Å². The van der Waals surface area contributed by atoms with Crippen molar-refractivity contribution in [1.82, 2.24) is 0 Å². The van der Waals surface area contributed by atoms with Crippen LogP contribution < -0.4 is 11.1 Å². The molecule has 3 N–H and O–H groups in total. The minimum atomic E-state index is 0.389. The van der Waals surface area contributed by atoms with Gasteiger partial charge in [-0.2, -0.15) is 0 Å². The van der Waals surface area contributed by atoms with E-state index >= 15 is 0 Å². The van der Waals surface area contributed by atoms with Crippen molar-refractivity contribution in [3.63, 3.8) is 0 Å². The number of nitrogens with two attached hydrogens (primary N) is 1. The monoisotopic (exact) mass is 204 g/mol. The van der Waals surface area contributed by atoms with Crippen LogP contribution in [-0.2, 0) is 0 Å². The van der Waals surface area contributed by atoms with E-state index in [-0.39, 0.29) is 0 Å². The molecule has 0 saturated heterocycles. The van der Waals surface area contributed by atoms with E-state index in [1.807, 2.05) is 0 Å².